The maximum Gasteiger partial charge on any atom is 0.180 e. The topological polar surface area (TPSA) is 45.5 Å². The predicted molar refractivity (Wildman–Crippen MR) is 89.3 cm³/mol. The van der Waals surface area contributed by atoms with Crippen molar-refractivity contribution in [2.45, 2.75) is 18.9 Å². The minimum Gasteiger partial charge on any atom is -0.365 e. The van der Waals surface area contributed by atoms with Crippen LogP contribution in [0.2, 0.25) is 0 Å². The van der Waals surface area contributed by atoms with Crippen LogP contribution in [0.5, 0.6) is 0 Å². The average Bonchev–Trinajstić information content (AvgIpc) is 3.30. The van der Waals surface area contributed by atoms with Gasteiger partial charge in [0, 0.05) is 36.2 Å². The molecule has 3 aromatic heterocycles. The molecule has 0 spiro atoms. The molecule has 114 valence electrons. The Balaban J connectivity index is 1.55. The van der Waals surface area contributed by atoms with Gasteiger partial charge in [-0.25, -0.2) is 9.97 Å². The molecule has 0 bridgehead atoms. The van der Waals surface area contributed by atoms with Gasteiger partial charge in [-0.2, -0.15) is 0 Å². The molecule has 1 aliphatic heterocycles. The number of anilines is 1. The molecule has 0 saturated carbocycles. The van der Waals surface area contributed by atoms with E-state index < -0.39 is 0 Å². The molecule has 4 heterocycles. The van der Waals surface area contributed by atoms with Crippen molar-refractivity contribution in [3.8, 4) is 0 Å². The highest BCUT2D eigenvalue weighted by molar-refractivity contribution is 7.10. The average molecular weight is 313 g/mol. The molecule has 0 aromatic carbocycles. The fourth-order valence-corrected chi connectivity index (χ4v) is 3.98. The van der Waals surface area contributed by atoms with Crippen molar-refractivity contribution in [3.63, 3.8) is 0 Å². The van der Waals surface area contributed by atoms with Crippen molar-refractivity contribution in [1.29, 1.82) is 0 Å². The van der Waals surface area contributed by atoms with E-state index in [1.807, 2.05) is 34.3 Å². The summed E-state index contributed by atoms with van der Waals surface area (Å²) >= 11 is 1.84. The maximum atomic E-state index is 4.45. The molecule has 4 rings (SSSR count). The number of thiophene rings is 1. The number of rotatable bonds is 5. The molecule has 3 aromatic rings. The van der Waals surface area contributed by atoms with E-state index in [9.17, 15) is 0 Å². The van der Waals surface area contributed by atoms with Crippen LogP contribution in [0.3, 0.4) is 0 Å². The molecule has 22 heavy (non-hydrogen) atoms. The van der Waals surface area contributed by atoms with E-state index in [1.54, 1.807) is 6.20 Å². The summed E-state index contributed by atoms with van der Waals surface area (Å²) in [5.74, 6) is 0.855. The summed E-state index contributed by atoms with van der Waals surface area (Å²) < 4.78 is 1.99. The third-order valence-electron chi connectivity index (χ3n) is 4.23. The van der Waals surface area contributed by atoms with Crippen LogP contribution >= 0.6 is 11.3 Å². The van der Waals surface area contributed by atoms with E-state index >= 15 is 0 Å². The Kier molecular flexibility index (Phi) is 3.78. The lowest BCUT2D eigenvalue weighted by molar-refractivity contribution is 0.259. The predicted octanol–water partition coefficient (Wildman–Crippen LogP) is 3.04. The first-order chi connectivity index (χ1) is 10.9. The number of fused-ring (bicyclic) bond motifs is 1. The van der Waals surface area contributed by atoms with Gasteiger partial charge in [0.1, 0.15) is 0 Å². The number of nitrogens with one attached hydrogen (secondary N) is 1. The lowest BCUT2D eigenvalue weighted by atomic mass is 10.2. The van der Waals surface area contributed by atoms with Crippen molar-refractivity contribution in [2.75, 3.05) is 25.0 Å². The Morgan fingerprint density at radius 3 is 2.77 bits per heavy atom. The molecule has 1 aliphatic rings. The second-order valence-corrected chi connectivity index (χ2v) is 6.57. The van der Waals surface area contributed by atoms with Crippen molar-refractivity contribution < 1.29 is 0 Å². The summed E-state index contributed by atoms with van der Waals surface area (Å²) in [5.41, 5.74) is 0.883. The molecule has 1 atom stereocenters. The third-order valence-corrected chi connectivity index (χ3v) is 5.20. The molecule has 6 heteroatoms. The molecule has 1 fully saturated rings. The SMILES string of the molecule is c1csc(C(CNc2nccn3ccnc23)N2CCCC2)c1. The molecule has 0 aliphatic carbocycles. The number of imidazole rings is 1. The van der Waals surface area contributed by atoms with Gasteiger partial charge in [0.25, 0.3) is 0 Å². The molecular weight excluding hydrogens is 294 g/mol. The highest BCUT2D eigenvalue weighted by Gasteiger charge is 2.24. The summed E-state index contributed by atoms with van der Waals surface area (Å²) in [4.78, 5) is 12.8. The number of hydrogen-bond donors (Lipinski definition) is 1. The second-order valence-electron chi connectivity index (χ2n) is 5.59. The zero-order valence-electron chi connectivity index (χ0n) is 12.4. The van der Waals surface area contributed by atoms with Crippen molar-refractivity contribution >= 4 is 22.8 Å². The molecule has 1 saturated heterocycles. The quantitative estimate of drug-likeness (QED) is 0.786. The summed E-state index contributed by atoms with van der Waals surface area (Å²) in [6.07, 6.45) is 10.1. The van der Waals surface area contributed by atoms with Crippen LogP contribution in [0, 0.1) is 0 Å². The monoisotopic (exact) mass is 313 g/mol. The van der Waals surface area contributed by atoms with Crippen LogP contribution in [0.25, 0.3) is 5.65 Å². The fourth-order valence-electron chi connectivity index (χ4n) is 3.12. The standard InChI is InChI=1S/C16H19N5S/c1-2-8-20(7-1)13(14-4-3-11-22-14)12-19-15-16-18-6-10-21(16)9-5-17-15/h3-6,9-11,13H,1-2,7-8,12H2,(H,17,19). The summed E-state index contributed by atoms with van der Waals surface area (Å²) in [7, 11) is 0. The van der Waals surface area contributed by atoms with E-state index in [1.165, 1.54) is 30.8 Å². The summed E-state index contributed by atoms with van der Waals surface area (Å²) in [6, 6.07) is 4.79. The van der Waals surface area contributed by atoms with Gasteiger partial charge in [0.2, 0.25) is 0 Å². The largest absolute Gasteiger partial charge is 0.365 e. The smallest absolute Gasteiger partial charge is 0.180 e. The number of aromatic nitrogens is 3. The maximum absolute atomic E-state index is 4.45. The molecular formula is C16H19N5S. The Hall–Kier alpha value is -1.92. The minimum atomic E-state index is 0.416. The first kappa shape index (κ1) is 13.7. The van der Waals surface area contributed by atoms with Crippen molar-refractivity contribution in [1.82, 2.24) is 19.3 Å². The zero-order chi connectivity index (χ0) is 14.8. The lowest BCUT2D eigenvalue weighted by Crippen LogP contribution is -2.30. The van der Waals surface area contributed by atoms with E-state index in [0.717, 1.165) is 18.0 Å². The minimum absolute atomic E-state index is 0.416. The van der Waals surface area contributed by atoms with Gasteiger partial charge in [-0.3, -0.25) is 4.90 Å². The van der Waals surface area contributed by atoms with Crippen LogP contribution in [0.4, 0.5) is 5.82 Å². The Morgan fingerprint density at radius 2 is 2.00 bits per heavy atom. The normalized spacial score (nSPS) is 17.1. The first-order valence-electron chi connectivity index (χ1n) is 7.71. The van der Waals surface area contributed by atoms with Gasteiger partial charge in [-0.05, 0) is 37.4 Å². The highest BCUT2D eigenvalue weighted by atomic mass is 32.1. The zero-order valence-corrected chi connectivity index (χ0v) is 13.2. The van der Waals surface area contributed by atoms with E-state index in [2.05, 4.69) is 37.7 Å². The number of hydrogen-bond acceptors (Lipinski definition) is 5. The van der Waals surface area contributed by atoms with E-state index in [-0.39, 0.29) is 0 Å². The Labute approximate surface area is 133 Å². The summed E-state index contributed by atoms with van der Waals surface area (Å²) in [6.45, 7) is 3.23. The van der Waals surface area contributed by atoms with E-state index in [4.69, 9.17) is 0 Å². The molecule has 1 N–H and O–H groups in total. The van der Waals surface area contributed by atoms with Gasteiger partial charge in [0.05, 0.1) is 6.04 Å². The number of nitrogens with zero attached hydrogens (tertiary/aromatic N) is 4. The molecule has 5 nitrogen and oxygen atoms in total. The number of likely N-dealkylation sites (tertiary alicyclic amines) is 1. The van der Waals surface area contributed by atoms with Gasteiger partial charge in [0.15, 0.2) is 11.5 Å². The van der Waals surface area contributed by atoms with Gasteiger partial charge >= 0.3 is 0 Å². The molecule has 0 amide bonds. The van der Waals surface area contributed by atoms with Crippen molar-refractivity contribution in [3.05, 3.63) is 47.2 Å². The second kappa shape index (κ2) is 6.06. The van der Waals surface area contributed by atoms with Crippen LogP contribution < -0.4 is 5.32 Å². The summed E-state index contributed by atoms with van der Waals surface area (Å²) in [5, 5.41) is 5.67. The fraction of sp³-hybridized carbons (Fsp3) is 0.375. The Bertz CT molecular complexity index is 730. The molecule has 1 unspecified atom stereocenters. The first-order valence-corrected chi connectivity index (χ1v) is 8.59. The Morgan fingerprint density at radius 1 is 1.18 bits per heavy atom. The van der Waals surface area contributed by atoms with E-state index in [0.29, 0.717) is 6.04 Å². The van der Waals surface area contributed by atoms with Gasteiger partial charge in [-0.15, -0.1) is 11.3 Å². The van der Waals surface area contributed by atoms with Crippen LogP contribution in [0.1, 0.15) is 23.8 Å². The van der Waals surface area contributed by atoms with Crippen LogP contribution in [-0.2, 0) is 0 Å². The van der Waals surface area contributed by atoms with Crippen LogP contribution in [-0.4, -0.2) is 38.9 Å². The van der Waals surface area contributed by atoms with Crippen LogP contribution in [0.15, 0.2) is 42.3 Å². The highest BCUT2D eigenvalue weighted by Crippen LogP contribution is 2.28. The van der Waals surface area contributed by atoms with Gasteiger partial charge in [-0.1, -0.05) is 6.07 Å². The molecule has 0 radical (unpaired) electrons. The van der Waals surface area contributed by atoms with Crippen molar-refractivity contribution in [2.24, 2.45) is 0 Å². The lowest BCUT2D eigenvalue weighted by Gasteiger charge is -2.27. The third kappa shape index (κ3) is 2.60. The van der Waals surface area contributed by atoms with Gasteiger partial charge < -0.3 is 9.72 Å².